The van der Waals surface area contributed by atoms with E-state index in [1.165, 1.54) is 0 Å². The summed E-state index contributed by atoms with van der Waals surface area (Å²) in [4.78, 5) is 22.6. The second-order valence-electron chi connectivity index (χ2n) is 5.06. The molecule has 0 spiro atoms. The molecule has 0 fully saturated rings. The maximum absolute atomic E-state index is 11.6. The Labute approximate surface area is 108 Å². The van der Waals surface area contributed by atoms with Crippen molar-refractivity contribution in [3.05, 3.63) is 11.6 Å². The Balaban J connectivity index is 4.45. The first-order valence-corrected chi connectivity index (χ1v) is 6.08. The van der Waals surface area contributed by atoms with Gasteiger partial charge in [-0.2, -0.15) is 0 Å². The summed E-state index contributed by atoms with van der Waals surface area (Å²) in [7, 11) is 0. The SMILES string of the molecule is CC(C)=CC[C@H](NC(=O)[C@@H](O)CC(C)C)C(=O)O. The molecule has 18 heavy (non-hydrogen) atoms. The Bertz CT molecular complexity index is 319. The van der Waals surface area contributed by atoms with E-state index < -0.39 is 24.0 Å². The van der Waals surface area contributed by atoms with Crippen LogP contribution in [0.3, 0.4) is 0 Å². The van der Waals surface area contributed by atoms with E-state index in [-0.39, 0.29) is 12.3 Å². The molecule has 0 radical (unpaired) electrons. The summed E-state index contributed by atoms with van der Waals surface area (Å²) < 4.78 is 0. The van der Waals surface area contributed by atoms with Gasteiger partial charge in [0.15, 0.2) is 0 Å². The summed E-state index contributed by atoms with van der Waals surface area (Å²) >= 11 is 0. The Morgan fingerprint density at radius 3 is 2.22 bits per heavy atom. The first kappa shape index (κ1) is 16.6. The number of carboxylic acids is 1. The van der Waals surface area contributed by atoms with E-state index in [0.29, 0.717) is 6.42 Å². The van der Waals surface area contributed by atoms with E-state index in [0.717, 1.165) is 5.57 Å². The van der Waals surface area contributed by atoms with Crippen molar-refractivity contribution >= 4 is 11.9 Å². The predicted molar refractivity (Wildman–Crippen MR) is 69.1 cm³/mol. The highest BCUT2D eigenvalue weighted by Crippen LogP contribution is 2.06. The number of nitrogens with one attached hydrogen (secondary N) is 1. The van der Waals surface area contributed by atoms with Crippen molar-refractivity contribution in [3.63, 3.8) is 0 Å². The number of aliphatic carboxylic acids is 1. The fourth-order valence-corrected chi connectivity index (χ4v) is 1.40. The van der Waals surface area contributed by atoms with Crippen LogP contribution in [0.1, 0.15) is 40.5 Å². The van der Waals surface area contributed by atoms with Gasteiger partial charge in [0.05, 0.1) is 0 Å². The molecule has 0 unspecified atom stereocenters. The van der Waals surface area contributed by atoms with E-state index >= 15 is 0 Å². The molecule has 3 N–H and O–H groups in total. The molecule has 0 heterocycles. The molecule has 0 aliphatic heterocycles. The lowest BCUT2D eigenvalue weighted by Crippen LogP contribution is -2.45. The summed E-state index contributed by atoms with van der Waals surface area (Å²) in [5.74, 6) is -1.55. The zero-order chi connectivity index (χ0) is 14.3. The van der Waals surface area contributed by atoms with Gasteiger partial charge in [-0.15, -0.1) is 0 Å². The fraction of sp³-hybridized carbons (Fsp3) is 0.692. The van der Waals surface area contributed by atoms with Gasteiger partial charge >= 0.3 is 5.97 Å². The van der Waals surface area contributed by atoms with E-state index in [9.17, 15) is 14.7 Å². The standard InChI is InChI=1S/C13H23NO4/c1-8(2)5-6-10(13(17)18)14-12(16)11(15)7-9(3)4/h5,9-11,15H,6-7H2,1-4H3,(H,14,16)(H,17,18)/t10-,11-/m0/s1. The molecular weight excluding hydrogens is 234 g/mol. The third-order valence-corrected chi connectivity index (χ3v) is 2.37. The maximum Gasteiger partial charge on any atom is 0.326 e. The molecule has 0 saturated carbocycles. The van der Waals surface area contributed by atoms with Crippen LogP contribution in [0.4, 0.5) is 0 Å². The van der Waals surface area contributed by atoms with Crippen LogP contribution in [0, 0.1) is 5.92 Å². The van der Waals surface area contributed by atoms with Crippen LogP contribution in [-0.2, 0) is 9.59 Å². The second kappa shape index (κ2) is 7.87. The number of carbonyl (C=O) groups is 2. The number of rotatable bonds is 7. The molecule has 0 saturated heterocycles. The lowest BCUT2D eigenvalue weighted by atomic mass is 10.0. The van der Waals surface area contributed by atoms with Crippen molar-refractivity contribution in [1.29, 1.82) is 0 Å². The van der Waals surface area contributed by atoms with Crippen LogP contribution >= 0.6 is 0 Å². The molecule has 0 aromatic heterocycles. The summed E-state index contributed by atoms with van der Waals surface area (Å²) in [6.07, 6.45) is 1.13. The van der Waals surface area contributed by atoms with Gasteiger partial charge in [0, 0.05) is 0 Å². The van der Waals surface area contributed by atoms with E-state index in [1.54, 1.807) is 6.08 Å². The average molecular weight is 257 g/mol. The van der Waals surface area contributed by atoms with Gasteiger partial charge in [0.2, 0.25) is 5.91 Å². The number of hydrogen-bond acceptors (Lipinski definition) is 3. The van der Waals surface area contributed by atoms with Crippen molar-refractivity contribution in [1.82, 2.24) is 5.32 Å². The van der Waals surface area contributed by atoms with Crippen LogP contribution in [-0.4, -0.2) is 34.2 Å². The second-order valence-corrected chi connectivity index (χ2v) is 5.06. The number of amides is 1. The summed E-state index contributed by atoms with van der Waals surface area (Å²) in [6.45, 7) is 7.48. The van der Waals surface area contributed by atoms with Crippen molar-refractivity contribution in [2.24, 2.45) is 5.92 Å². The van der Waals surface area contributed by atoms with Gasteiger partial charge in [-0.1, -0.05) is 25.5 Å². The van der Waals surface area contributed by atoms with Crippen LogP contribution in [0.2, 0.25) is 0 Å². The predicted octanol–water partition coefficient (Wildman–Crippen LogP) is 1.32. The smallest absolute Gasteiger partial charge is 0.326 e. The topological polar surface area (TPSA) is 86.6 Å². The molecule has 0 rings (SSSR count). The first-order valence-electron chi connectivity index (χ1n) is 6.08. The maximum atomic E-state index is 11.6. The largest absolute Gasteiger partial charge is 0.480 e. The highest BCUT2D eigenvalue weighted by molar-refractivity contribution is 5.86. The van der Waals surface area contributed by atoms with Gasteiger partial charge in [-0.3, -0.25) is 4.79 Å². The molecule has 1 amide bonds. The molecular formula is C13H23NO4. The van der Waals surface area contributed by atoms with E-state index in [4.69, 9.17) is 5.11 Å². The lowest BCUT2D eigenvalue weighted by Gasteiger charge is -2.17. The van der Waals surface area contributed by atoms with Gasteiger partial charge in [0.1, 0.15) is 12.1 Å². The first-order chi connectivity index (χ1) is 8.23. The Kier molecular flexibility index (Phi) is 7.27. The molecule has 0 bridgehead atoms. The number of carbonyl (C=O) groups excluding carboxylic acids is 1. The van der Waals surface area contributed by atoms with Crippen molar-refractivity contribution in [2.75, 3.05) is 0 Å². The molecule has 5 nitrogen and oxygen atoms in total. The minimum absolute atomic E-state index is 0.173. The van der Waals surface area contributed by atoms with Crippen LogP contribution in [0.5, 0.6) is 0 Å². The van der Waals surface area contributed by atoms with Crippen LogP contribution < -0.4 is 5.32 Å². The molecule has 0 aromatic rings. The van der Waals surface area contributed by atoms with Gasteiger partial charge < -0.3 is 15.5 Å². The normalized spacial score (nSPS) is 13.9. The highest BCUT2D eigenvalue weighted by atomic mass is 16.4. The minimum atomic E-state index is -1.15. The fourth-order valence-electron chi connectivity index (χ4n) is 1.40. The Morgan fingerprint density at radius 2 is 1.83 bits per heavy atom. The molecule has 0 aliphatic rings. The minimum Gasteiger partial charge on any atom is -0.480 e. The quantitative estimate of drug-likeness (QED) is 0.600. The molecule has 0 aromatic carbocycles. The zero-order valence-electron chi connectivity index (χ0n) is 11.4. The van der Waals surface area contributed by atoms with E-state index in [2.05, 4.69) is 5.32 Å². The lowest BCUT2D eigenvalue weighted by molar-refractivity contribution is -0.143. The van der Waals surface area contributed by atoms with Crippen molar-refractivity contribution in [3.8, 4) is 0 Å². The number of aliphatic hydroxyl groups is 1. The van der Waals surface area contributed by atoms with Gasteiger partial charge in [-0.05, 0) is 32.6 Å². The number of aliphatic hydroxyl groups excluding tert-OH is 1. The zero-order valence-corrected chi connectivity index (χ0v) is 11.4. The van der Waals surface area contributed by atoms with Crippen LogP contribution in [0.15, 0.2) is 11.6 Å². The number of allylic oxidation sites excluding steroid dienone is 1. The number of hydrogen-bond donors (Lipinski definition) is 3. The van der Waals surface area contributed by atoms with E-state index in [1.807, 2.05) is 27.7 Å². The summed E-state index contributed by atoms with van der Waals surface area (Å²) in [6, 6.07) is -0.991. The van der Waals surface area contributed by atoms with Gasteiger partial charge in [0.25, 0.3) is 0 Å². The summed E-state index contributed by atoms with van der Waals surface area (Å²) in [5.41, 5.74) is 0.984. The molecule has 0 aliphatic carbocycles. The molecule has 104 valence electrons. The van der Waals surface area contributed by atoms with Crippen molar-refractivity contribution in [2.45, 2.75) is 52.7 Å². The third kappa shape index (κ3) is 7.06. The van der Waals surface area contributed by atoms with Crippen LogP contribution in [0.25, 0.3) is 0 Å². The van der Waals surface area contributed by atoms with Gasteiger partial charge in [-0.25, -0.2) is 4.79 Å². The molecule has 2 atom stereocenters. The Hall–Kier alpha value is -1.36. The molecule has 5 heteroatoms. The van der Waals surface area contributed by atoms with Crippen molar-refractivity contribution < 1.29 is 19.8 Å². The monoisotopic (exact) mass is 257 g/mol. The Morgan fingerprint density at radius 1 is 1.28 bits per heavy atom. The number of carboxylic acid groups (broad SMARTS) is 1. The highest BCUT2D eigenvalue weighted by Gasteiger charge is 2.23. The summed E-state index contributed by atoms with van der Waals surface area (Å²) in [5, 5.41) is 20.9. The third-order valence-electron chi connectivity index (χ3n) is 2.37. The average Bonchev–Trinajstić information content (AvgIpc) is 2.21.